The van der Waals surface area contributed by atoms with Crippen LogP contribution >= 0.6 is 0 Å². The van der Waals surface area contributed by atoms with E-state index < -0.39 is 11.9 Å². The van der Waals surface area contributed by atoms with Gasteiger partial charge in [0.25, 0.3) is 0 Å². The maximum atomic E-state index is 13.4. The van der Waals surface area contributed by atoms with Gasteiger partial charge in [-0.15, -0.1) is 0 Å². The lowest BCUT2D eigenvalue weighted by Crippen LogP contribution is -2.47. The van der Waals surface area contributed by atoms with Crippen molar-refractivity contribution in [1.29, 1.82) is 0 Å². The molecule has 4 aromatic rings. The number of hydrogen-bond donors (Lipinski definition) is 0. The molecule has 44 heavy (non-hydrogen) atoms. The highest BCUT2D eigenvalue weighted by molar-refractivity contribution is 6.03. The van der Waals surface area contributed by atoms with E-state index in [1.54, 1.807) is 17.9 Å². The standard InChI is InChI=1S/C31H29F3N8O2/c1-44-30-25(26(18-5-6-18)36-16-37-30)27-35-12-22-29(39-27)41(15-24(43)42(22)20-7-8-20)13-17-4-9-21-19(11-17)3-2-10-40-14-23(31(32,33)34)38-28(21)40/h4,9,11-12,14,16,18,20H,2-3,5-8,10,13,15H2,1H3. The van der Waals surface area contributed by atoms with Gasteiger partial charge in [-0.25, -0.2) is 24.9 Å². The van der Waals surface area contributed by atoms with Crippen LogP contribution in [-0.2, 0) is 30.5 Å². The van der Waals surface area contributed by atoms with Crippen molar-refractivity contribution in [3.8, 4) is 28.7 Å². The molecule has 3 aromatic heterocycles. The summed E-state index contributed by atoms with van der Waals surface area (Å²) in [6.07, 6.45) is 5.17. The van der Waals surface area contributed by atoms with Crippen molar-refractivity contribution in [2.75, 3.05) is 23.5 Å². The zero-order valence-electron chi connectivity index (χ0n) is 24.0. The molecule has 0 N–H and O–H groups in total. The third-order valence-electron chi connectivity index (χ3n) is 8.73. The zero-order chi connectivity index (χ0) is 30.2. The predicted octanol–water partition coefficient (Wildman–Crippen LogP) is 5.16. The van der Waals surface area contributed by atoms with E-state index >= 15 is 0 Å². The van der Waals surface area contributed by atoms with Gasteiger partial charge in [-0.2, -0.15) is 13.2 Å². The molecule has 13 heteroatoms. The number of hydrogen-bond acceptors (Lipinski definition) is 8. The molecular formula is C31H29F3N8O2. The van der Waals surface area contributed by atoms with E-state index in [1.165, 1.54) is 6.33 Å². The van der Waals surface area contributed by atoms with Gasteiger partial charge < -0.3 is 19.1 Å². The first-order chi connectivity index (χ1) is 21.3. The van der Waals surface area contributed by atoms with Crippen LogP contribution in [0, 0.1) is 0 Å². The second kappa shape index (κ2) is 10.00. The van der Waals surface area contributed by atoms with E-state index in [1.807, 2.05) is 28.0 Å². The van der Waals surface area contributed by atoms with Crippen molar-refractivity contribution in [3.05, 3.63) is 59.4 Å². The lowest BCUT2D eigenvalue weighted by Gasteiger charge is -2.36. The van der Waals surface area contributed by atoms with Gasteiger partial charge in [0.05, 0.1) is 25.5 Å². The fourth-order valence-electron chi connectivity index (χ4n) is 6.38. The van der Waals surface area contributed by atoms with Gasteiger partial charge in [0.15, 0.2) is 17.3 Å². The number of benzene rings is 1. The van der Waals surface area contributed by atoms with Crippen LogP contribution in [0.2, 0.25) is 0 Å². The Morgan fingerprint density at radius 3 is 2.66 bits per heavy atom. The molecule has 0 bridgehead atoms. The van der Waals surface area contributed by atoms with Gasteiger partial charge in [-0.1, -0.05) is 18.2 Å². The molecule has 226 valence electrons. The summed E-state index contributed by atoms with van der Waals surface area (Å²) in [4.78, 5) is 39.8. The summed E-state index contributed by atoms with van der Waals surface area (Å²) in [5.74, 6) is 2.15. The number of fused-ring (bicyclic) bond motifs is 4. The van der Waals surface area contributed by atoms with E-state index in [0.29, 0.717) is 72.0 Å². The summed E-state index contributed by atoms with van der Waals surface area (Å²) in [6.45, 7) is 0.998. The lowest BCUT2D eigenvalue weighted by molar-refractivity contribution is -0.140. The third-order valence-corrected chi connectivity index (χ3v) is 8.73. The number of rotatable bonds is 6. The Morgan fingerprint density at radius 2 is 1.91 bits per heavy atom. The monoisotopic (exact) mass is 602 g/mol. The van der Waals surface area contributed by atoms with Crippen molar-refractivity contribution >= 4 is 17.4 Å². The topological polar surface area (TPSA) is 102 Å². The molecule has 0 atom stereocenters. The SMILES string of the molecule is COc1ncnc(C2CC2)c1-c1ncc2c(n1)N(Cc1ccc3c(c1)CCCn1cc(C(F)(F)F)nc1-3)CC(=O)N2C1CC1. The van der Waals surface area contributed by atoms with Crippen LogP contribution in [0.4, 0.5) is 24.7 Å². The first kappa shape index (κ1) is 27.0. The van der Waals surface area contributed by atoms with Gasteiger partial charge in [0.1, 0.15) is 23.4 Å². The summed E-state index contributed by atoms with van der Waals surface area (Å²) in [6, 6.07) is 5.91. The number of ether oxygens (including phenoxy) is 1. The molecule has 4 aliphatic rings. The van der Waals surface area contributed by atoms with E-state index in [2.05, 4.69) is 15.0 Å². The summed E-state index contributed by atoms with van der Waals surface area (Å²) in [7, 11) is 1.56. The fourth-order valence-corrected chi connectivity index (χ4v) is 6.38. The normalized spacial score (nSPS) is 18.0. The van der Waals surface area contributed by atoms with E-state index in [-0.39, 0.29) is 18.5 Å². The van der Waals surface area contributed by atoms with Crippen molar-refractivity contribution in [2.24, 2.45) is 0 Å². The maximum absolute atomic E-state index is 13.4. The molecule has 5 heterocycles. The summed E-state index contributed by atoms with van der Waals surface area (Å²) in [5, 5.41) is 0. The van der Waals surface area contributed by atoms with Gasteiger partial charge in [-0.05, 0) is 49.7 Å². The molecule has 10 nitrogen and oxygen atoms in total. The first-order valence-corrected chi connectivity index (χ1v) is 14.9. The van der Waals surface area contributed by atoms with Crippen molar-refractivity contribution in [3.63, 3.8) is 0 Å². The van der Waals surface area contributed by atoms with Crippen LogP contribution in [0.3, 0.4) is 0 Å². The molecule has 8 rings (SSSR count). The molecule has 0 unspecified atom stereocenters. The molecule has 2 saturated carbocycles. The van der Waals surface area contributed by atoms with Crippen LogP contribution in [0.5, 0.6) is 5.88 Å². The maximum Gasteiger partial charge on any atom is 0.434 e. The number of carbonyl (C=O) groups is 1. The molecule has 0 radical (unpaired) electrons. The smallest absolute Gasteiger partial charge is 0.434 e. The highest BCUT2D eigenvalue weighted by atomic mass is 19.4. The number of aromatic nitrogens is 6. The molecular weight excluding hydrogens is 573 g/mol. The quantitative estimate of drug-likeness (QED) is 0.298. The van der Waals surface area contributed by atoms with Crippen molar-refractivity contribution < 1.29 is 22.7 Å². The molecule has 0 spiro atoms. The molecule has 1 aromatic carbocycles. The van der Waals surface area contributed by atoms with Crippen LogP contribution in [0.25, 0.3) is 22.8 Å². The van der Waals surface area contributed by atoms with Gasteiger partial charge in [0, 0.05) is 36.8 Å². The van der Waals surface area contributed by atoms with Gasteiger partial charge >= 0.3 is 6.18 Å². The Kier molecular flexibility index (Phi) is 6.14. The van der Waals surface area contributed by atoms with Gasteiger partial charge in [-0.3, -0.25) is 4.79 Å². The molecule has 0 saturated heterocycles. The average Bonchev–Trinajstić information content (AvgIpc) is 3.94. The zero-order valence-corrected chi connectivity index (χ0v) is 24.0. The second-order valence-electron chi connectivity index (χ2n) is 11.9. The van der Waals surface area contributed by atoms with Crippen molar-refractivity contribution in [1.82, 2.24) is 29.5 Å². The minimum absolute atomic E-state index is 0.00730. The minimum atomic E-state index is -4.50. The number of halogens is 3. The highest BCUT2D eigenvalue weighted by Crippen LogP contribution is 2.46. The molecule has 2 aliphatic heterocycles. The lowest BCUT2D eigenvalue weighted by atomic mass is 10.00. The Bertz CT molecular complexity index is 1800. The number of alkyl halides is 3. The van der Waals surface area contributed by atoms with Crippen LogP contribution < -0.4 is 14.5 Å². The fraction of sp³-hybridized carbons (Fsp3) is 0.419. The van der Waals surface area contributed by atoms with Gasteiger partial charge in [0.2, 0.25) is 11.8 Å². The van der Waals surface area contributed by atoms with E-state index in [4.69, 9.17) is 14.7 Å². The number of imidazole rings is 1. The van der Waals surface area contributed by atoms with Crippen molar-refractivity contribution in [2.45, 2.75) is 69.8 Å². The molecule has 1 amide bonds. The van der Waals surface area contributed by atoms with Crippen LogP contribution in [-0.4, -0.2) is 55.1 Å². The third kappa shape index (κ3) is 4.65. The summed E-state index contributed by atoms with van der Waals surface area (Å²) >= 11 is 0. The van der Waals surface area contributed by atoms with E-state index in [0.717, 1.165) is 48.7 Å². The Morgan fingerprint density at radius 1 is 1.07 bits per heavy atom. The number of nitrogens with zero attached hydrogens (tertiary/aromatic N) is 8. The second-order valence-corrected chi connectivity index (χ2v) is 11.9. The van der Waals surface area contributed by atoms with E-state index in [9.17, 15) is 18.0 Å². The number of carbonyl (C=O) groups excluding carboxylic acids is 1. The first-order valence-electron chi connectivity index (χ1n) is 14.9. The number of anilines is 2. The predicted molar refractivity (Wildman–Crippen MR) is 154 cm³/mol. The number of aryl methyl sites for hydroxylation is 2. The Hall–Kier alpha value is -4.55. The summed E-state index contributed by atoms with van der Waals surface area (Å²) < 4.78 is 47.4. The average molecular weight is 603 g/mol. The Balaban J connectivity index is 1.17. The largest absolute Gasteiger partial charge is 0.480 e. The van der Waals surface area contributed by atoms with Crippen LogP contribution in [0.15, 0.2) is 36.9 Å². The summed E-state index contributed by atoms with van der Waals surface area (Å²) in [5.41, 5.74) is 3.90. The number of amides is 1. The molecule has 2 fully saturated rings. The van der Waals surface area contributed by atoms with Crippen LogP contribution in [0.1, 0.15) is 60.5 Å². The molecule has 2 aliphatic carbocycles. The highest BCUT2D eigenvalue weighted by Gasteiger charge is 2.41. The Labute approximate surface area is 250 Å². The minimum Gasteiger partial charge on any atom is -0.480 e. The number of methoxy groups -OCH3 is 1.